The molecule has 0 fully saturated rings. The molecule has 9 heavy (non-hydrogen) atoms. The van der Waals surface area contributed by atoms with Crippen molar-refractivity contribution in [3.8, 4) is 0 Å². The van der Waals surface area contributed by atoms with Crippen molar-refractivity contribution in [1.29, 1.82) is 0 Å². The molecule has 0 unspecified atom stereocenters. The molecule has 52 valence electrons. The Bertz CT molecular complexity index is 50.9. The molecular weight excluding hydrogens is 144 g/mol. The molecule has 0 aliphatic heterocycles. The number of rotatable bonds is 5. The maximum Gasteiger partial charge on any atom is 0.504 e. The van der Waals surface area contributed by atoms with Gasteiger partial charge in [-0.1, -0.05) is 39.5 Å². The van der Waals surface area contributed by atoms with Crippen molar-refractivity contribution in [1.82, 2.24) is 0 Å². The predicted octanol–water partition coefficient (Wildman–Crippen LogP) is 3.23. The van der Waals surface area contributed by atoms with Gasteiger partial charge in [-0.15, -0.1) is 4.05 Å². The molecule has 0 saturated heterocycles. The Kier molecular flexibility index (Phi) is 8.01. The molecule has 0 saturated carbocycles. The third-order valence-corrected chi connectivity index (χ3v) is 4.17. The molecule has 0 aromatic carbocycles. The second-order valence-electron chi connectivity index (χ2n) is 2.60. The summed E-state index contributed by atoms with van der Waals surface area (Å²) in [6.45, 7) is 4.48. The van der Waals surface area contributed by atoms with Crippen LogP contribution in [-0.4, -0.2) is 19.3 Å². The highest BCUT2D eigenvalue weighted by Crippen LogP contribution is 2.19. The highest BCUT2D eigenvalue weighted by molar-refractivity contribution is 6.94. The van der Waals surface area contributed by atoms with Crippen LogP contribution in [0.15, 0.2) is 0 Å². The van der Waals surface area contributed by atoms with E-state index in [-0.39, 0.29) is 19.3 Å². The van der Waals surface area contributed by atoms with Crippen molar-refractivity contribution in [2.75, 3.05) is 0 Å². The van der Waals surface area contributed by atoms with E-state index in [4.69, 9.17) is 9.07 Å². The first kappa shape index (κ1) is 10.1. The SMILES string of the molecule is CCC[CH](CCC)[Mg][Cl]. The summed E-state index contributed by atoms with van der Waals surface area (Å²) >= 11 is -0.222. The summed E-state index contributed by atoms with van der Waals surface area (Å²) in [5, 5.41) is 0. The normalized spacial score (nSPS) is 9.78. The van der Waals surface area contributed by atoms with Crippen LogP contribution in [0.3, 0.4) is 0 Å². The summed E-state index contributed by atoms with van der Waals surface area (Å²) in [5.41, 5.74) is 0. The highest BCUT2D eigenvalue weighted by atomic mass is 35.5. The first-order valence-corrected chi connectivity index (χ1v) is 6.86. The molecule has 0 atom stereocenters. The smallest absolute Gasteiger partial charge is 0.346 e. The van der Waals surface area contributed by atoms with E-state index in [2.05, 4.69) is 13.8 Å². The molecule has 0 N–H and O–H groups in total. The van der Waals surface area contributed by atoms with E-state index in [1.165, 1.54) is 25.7 Å². The molecule has 0 aliphatic rings. The van der Waals surface area contributed by atoms with E-state index in [0.717, 1.165) is 4.05 Å². The number of hydrogen-bond acceptors (Lipinski definition) is 0. The molecule has 2 heteroatoms. The molecule has 0 amide bonds. The minimum absolute atomic E-state index is 0.222. The Morgan fingerprint density at radius 2 is 1.67 bits per heavy atom. The van der Waals surface area contributed by atoms with Crippen LogP contribution < -0.4 is 0 Å². The zero-order valence-electron chi connectivity index (χ0n) is 6.49. The van der Waals surface area contributed by atoms with Crippen molar-refractivity contribution < 1.29 is 0 Å². The number of halogens is 1. The molecule has 0 bridgehead atoms. The van der Waals surface area contributed by atoms with E-state index in [1.807, 2.05) is 0 Å². The molecule has 0 aromatic heterocycles. The van der Waals surface area contributed by atoms with Crippen LogP contribution in [0.5, 0.6) is 0 Å². The van der Waals surface area contributed by atoms with Crippen molar-refractivity contribution in [3.63, 3.8) is 0 Å². The second-order valence-corrected chi connectivity index (χ2v) is 4.99. The first-order valence-electron chi connectivity index (χ1n) is 3.91. The largest absolute Gasteiger partial charge is 0.504 e. The standard InChI is InChI=1S/C7H15.ClH.Mg/c1-3-5-7-6-4-2;;/h7H,3-6H2,1-2H3;1H;/q;;+1/p-1. The molecular formula is C7H15ClMg. The fourth-order valence-corrected chi connectivity index (χ4v) is 3.17. The molecule has 0 spiro atoms. The summed E-state index contributed by atoms with van der Waals surface area (Å²) in [5.74, 6) is 0. The lowest BCUT2D eigenvalue weighted by Crippen LogP contribution is -1.96. The molecule has 0 aliphatic carbocycles. The van der Waals surface area contributed by atoms with Gasteiger partial charge in [0, 0.05) is 0 Å². The Morgan fingerprint density at radius 3 is 1.89 bits per heavy atom. The minimum Gasteiger partial charge on any atom is -0.346 e. The van der Waals surface area contributed by atoms with E-state index in [9.17, 15) is 0 Å². The fraction of sp³-hybridized carbons (Fsp3) is 1.00. The summed E-state index contributed by atoms with van der Waals surface area (Å²) < 4.78 is 0.918. The molecule has 0 aromatic rings. The Morgan fingerprint density at radius 1 is 1.22 bits per heavy atom. The maximum atomic E-state index is 5.86. The van der Waals surface area contributed by atoms with Gasteiger partial charge in [0.2, 0.25) is 0 Å². The van der Waals surface area contributed by atoms with Gasteiger partial charge in [0.15, 0.2) is 0 Å². The third kappa shape index (κ3) is 5.50. The van der Waals surface area contributed by atoms with E-state index < -0.39 is 0 Å². The molecule has 0 nitrogen and oxygen atoms in total. The van der Waals surface area contributed by atoms with Gasteiger partial charge >= 0.3 is 19.3 Å². The van der Waals surface area contributed by atoms with Gasteiger partial charge in [0.05, 0.1) is 0 Å². The van der Waals surface area contributed by atoms with Crippen LogP contribution in [0, 0.1) is 0 Å². The Hall–Kier alpha value is 1.06. The van der Waals surface area contributed by atoms with Crippen molar-refractivity contribution in [2.45, 2.75) is 43.6 Å². The topological polar surface area (TPSA) is 0 Å². The van der Waals surface area contributed by atoms with Gasteiger partial charge in [0.25, 0.3) is 0 Å². The molecule has 0 heterocycles. The van der Waals surface area contributed by atoms with Gasteiger partial charge in [-0.2, -0.15) is 0 Å². The summed E-state index contributed by atoms with van der Waals surface area (Å²) in [4.78, 5) is 0. The maximum absolute atomic E-state index is 5.86. The lowest BCUT2D eigenvalue weighted by atomic mass is 10.1. The van der Waals surface area contributed by atoms with Gasteiger partial charge in [-0.25, -0.2) is 0 Å². The van der Waals surface area contributed by atoms with Crippen LogP contribution in [0.1, 0.15) is 39.5 Å². The fourth-order valence-electron chi connectivity index (χ4n) is 1.12. The average molecular weight is 159 g/mol. The van der Waals surface area contributed by atoms with Crippen molar-refractivity contribution in [3.05, 3.63) is 0 Å². The van der Waals surface area contributed by atoms with Gasteiger partial charge in [-0.3, -0.25) is 0 Å². The highest BCUT2D eigenvalue weighted by Gasteiger charge is 2.07. The number of hydrogen-bond donors (Lipinski definition) is 0. The van der Waals surface area contributed by atoms with Crippen molar-refractivity contribution in [2.24, 2.45) is 0 Å². The summed E-state index contributed by atoms with van der Waals surface area (Å²) in [7, 11) is 5.86. The third-order valence-electron chi connectivity index (χ3n) is 1.61. The Labute approximate surface area is 71.9 Å². The van der Waals surface area contributed by atoms with Crippen LogP contribution in [0.2, 0.25) is 4.05 Å². The quantitative estimate of drug-likeness (QED) is 0.540. The van der Waals surface area contributed by atoms with Crippen LogP contribution in [0.4, 0.5) is 0 Å². The molecule has 0 radical (unpaired) electrons. The van der Waals surface area contributed by atoms with Gasteiger partial charge in [-0.05, 0) is 0 Å². The summed E-state index contributed by atoms with van der Waals surface area (Å²) in [6, 6.07) is 0. The first-order chi connectivity index (χ1) is 4.35. The van der Waals surface area contributed by atoms with Crippen molar-refractivity contribution >= 4 is 28.3 Å². The predicted molar refractivity (Wildman–Crippen MR) is 45.2 cm³/mol. The van der Waals surface area contributed by atoms with E-state index in [1.54, 1.807) is 0 Å². The van der Waals surface area contributed by atoms with Crippen LogP contribution in [-0.2, 0) is 0 Å². The zero-order valence-corrected chi connectivity index (χ0v) is 8.66. The summed E-state index contributed by atoms with van der Waals surface area (Å²) in [6.07, 6.45) is 5.35. The lowest BCUT2D eigenvalue weighted by Gasteiger charge is -2.08. The van der Waals surface area contributed by atoms with E-state index >= 15 is 0 Å². The second kappa shape index (κ2) is 7.17. The minimum atomic E-state index is -0.222. The van der Waals surface area contributed by atoms with Gasteiger partial charge in [0.1, 0.15) is 0 Å². The monoisotopic (exact) mass is 158 g/mol. The van der Waals surface area contributed by atoms with Crippen LogP contribution >= 0.6 is 9.07 Å². The van der Waals surface area contributed by atoms with Gasteiger partial charge < -0.3 is 9.07 Å². The Balaban J connectivity index is 3.18. The van der Waals surface area contributed by atoms with E-state index in [0.29, 0.717) is 0 Å². The zero-order chi connectivity index (χ0) is 7.11. The average Bonchev–Trinajstić information content (AvgIpc) is 1.88. The molecule has 0 rings (SSSR count). The lowest BCUT2D eigenvalue weighted by molar-refractivity contribution is 0.653. The van der Waals surface area contributed by atoms with Crippen LogP contribution in [0.25, 0.3) is 0 Å².